The van der Waals surface area contributed by atoms with Gasteiger partial charge < -0.3 is 14.0 Å². The number of nitriles is 2. The van der Waals surface area contributed by atoms with E-state index in [1.165, 1.54) is 12.1 Å². The number of hydrogen-bond donors (Lipinski definition) is 0. The minimum atomic E-state index is -0.469. The molecule has 0 radical (unpaired) electrons. The van der Waals surface area contributed by atoms with Gasteiger partial charge in [0.15, 0.2) is 5.82 Å². The molecule has 1 aromatic heterocycles. The average Bonchev–Trinajstić information content (AvgIpc) is 3.36. The van der Waals surface area contributed by atoms with Crippen LogP contribution >= 0.6 is 15.9 Å². The Kier molecular flexibility index (Phi) is 10.8. The lowest BCUT2D eigenvalue weighted by Gasteiger charge is -2.32. The average molecular weight is 663 g/mol. The van der Waals surface area contributed by atoms with Crippen LogP contribution in [0.4, 0.5) is 8.78 Å². The second-order valence-electron chi connectivity index (χ2n) is 11.0. The van der Waals surface area contributed by atoms with E-state index in [4.69, 9.17) is 25.0 Å². The molecule has 0 bridgehead atoms. The number of ether oxygens (including phenoxy) is 2. The van der Waals surface area contributed by atoms with Gasteiger partial charge in [-0.1, -0.05) is 40.9 Å². The number of aryl methyl sites for hydroxylation is 1. The quantitative estimate of drug-likeness (QED) is 0.135. The van der Waals surface area contributed by atoms with E-state index in [1.807, 2.05) is 30.3 Å². The number of halogens is 3. The predicted octanol–water partition coefficient (Wildman–Crippen LogP) is 8.05. The maximum absolute atomic E-state index is 14.8. The van der Waals surface area contributed by atoms with Crippen molar-refractivity contribution in [3.63, 3.8) is 0 Å². The van der Waals surface area contributed by atoms with Gasteiger partial charge in [0, 0.05) is 42.2 Å². The van der Waals surface area contributed by atoms with Crippen LogP contribution in [-0.2, 0) is 19.7 Å². The number of nitrogens with zero attached hydrogens (tertiary/aromatic N) is 5. The van der Waals surface area contributed by atoms with Crippen molar-refractivity contribution in [2.24, 2.45) is 0 Å². The van der Waals surface area contributed by atoms with Gasteiger partial charge in [0.1, 0.15) is 41.4 Å². The number of piperidine rings is 1. The molecule has 0 atom stereocenters. The van der Waals surface area contributed by atoms with Gasteiger partial charge in [-0.2, -0.15) is 10.5 Å². The smallest absolute Gasteiger partial charge is 0.152 e. The molecular weight excluding hydrogens is 628 g/mol. The molecular formula is C34H34BrF2N5O2. The summed E-state index contributed by atoms with van der Waals surface area (Å²) >= 11 is 3.43. The maximum Gasteiger partial charge on any atom is 0.152 e. The lowest BCUT2D eigenvalue weighted by Crippen LogP contribution is -2.38. The van der Waals surface area contributed by atoms with Crippen molar-refractivity contribution >= 4 is 27.0 Å². The van der Waals surface area contributed by atoms with Crippen LogP contribution in [-0.4, -0.2) is 33.6 Å². The lowest BCUT2D eigenvalue weighted by molar-refractivity contribution is 0.0945. The fourth-order valence-electron chi connectivity index (χ4n) is 5.51. The van der Waals surface area contributed by atoms with Gasteiger partial charge in [-0.25, -0.2) is 13.8 Å². The van der Waals surface area contributed by atoms with Crippen LogP contribution in [0.1, 0.15) is 61.9 Å². The second kappa shape index (κ2) is 15.1. The molecule has 10 heteroatoms. The summed E-state index contributed by atoms with van der Waals surface area (Å²) in [6.45, 7) is 3.07. The summed E-state index contributed by atoms with van der Waals surface area (Å²) < 4.78 is 44.0. The van der Waals surface area contributed by atoms with Crippen LogP contribution in [0.25, 0.3) is 11.0 Å². The van der Waals surface area contributed by atoms with Gasteiger partial charge in [-0.15, -0.1) is 0 Å². The van der Waals surface area contributed by atoms with Gasteiger partial charge in [-0.3, -0.25) is 4.90 Å². The van der Waals surface area contributed by atoms with Crippen molar-refractivity contribution in [1.29, 1.82) is 10.5 Å². The SMILES string of the molecule is N#CCCCCCCn1c(CN2CCC(Oc3cccc(OCc4ccc(C#N)cc4F)c3)CC2)nc2c(F)cc(Br)cc21. The number of benzene rings is 3. The van der Waals surface area contributed by atoms with Crippen LogP contribution in [0.5, 0.6) is 11.5 Å². The molecule has 1 aliphatic rings. The third-order valence-corrected chi connectivity index (χ3v) is 8.31. The Morgan fingerprint density at radius 1 is 0.932 bits per heavy atom. The first-order valence-corrected chi connectivity index (χ1v) is 15.7. The Bertz CT molecular complexity index is 1670. The molecule has 3 aromatic carbocycles. The molecule has 228 valence electrons. The third-order valence-electron chi connectivity index (χ3n) is 7.86. The van der Waals surface area contributed by atoms with Gasteiger partial charge >= 0.3 is 0 Å². The van der Waals surface area contributed by atoms with Crippen LogP contribution in [0, 0.1) is 34.3 Å². The predicted molar refractivity (Wildman–Crippen MR) is 167 cm³/mol. The van der Waals surface area contributed by atoms with Crippen LogP contribution in [0.3, 0.4) is 0 Å². The Morgan fingerprint density at radius 3 is 2.50 bits per heavy atom. The zero-order chi connectivity index (χ0) is 30.9. The molecule has 5 rings (SSSR count). The van der Waals surface area contributed by atoms with Crippen LogP contribution in [0.2, 0.25) is 0 Å². The van der Waals surface area contributed by atoms with E-state index in [9.17, 15) is 8.78 Å². The van der Waals surface area contributed by atoms with Crippen molar-refractivity contribution in [1.82, 2.24) is 14.5 Å². The fraction of sp³-hybridized carbons (Fsp3) is 0.382. The number of imidazole rings is 1. The molecule has 0 aliphatic carbocycles. The summed E-state index contributed by atoms with van der Waals surface area (Å²) in [4.78, 5) is 7.06. The summed E-state index contributed by atoms with van der Waals surface area (Å²) in [5, 5.41) is 17.7. The Hall–Kier alpha value is -3.99. The lowest BCUT2D eigenvalue weighted by atomic mass is 10.1. The van der Waals surface area contributed by atoms with E-state index in [0.29, 0.717) is 40.0 Å². The van der Waals surface area contributed by atoms with Crippen molar-refractivity contribution in [2.45, 2.75) is 70.7 Å². The molecule has 0 unspecified atom stereocenters. The molecule has 0 saturated carbocycles. The number of aromatic nitrogens is 2. The highest BCUT2D eigenvalue weighted by Gasteiger charge is 2.23. The fourth-order valence-corrected chi connectivity index (χ4v) is 5.92. The summed E-state index contributed by atoms with van der Waals surface area (Å²) in [5.74, 6) is 1.33. The highest BCUT2D eigenvalue weighted by molar-refractivity contribution is 9.10. The molecule has 7 nitrogen and oxygen atoms in total. The minimum Gasteiger partial charge on any atom is -0.490 e. The monoisotopic (exact) mass is 661 g/mol. The van der Waals surface area contributed by atoms with Gasteiger partial charge in [0.2, 0.25) is 0 Å². The first-order valence-electron chi connectivity index (χ1n) is 14.9. The molecule has 2 heterocycles. The van der Waals surface area contributed by atoms with Crippen molar-refractivity contribution < 1.29 is 18.3 Å². The third kappa shape index (κ3) is 8.13. The first kappa shape index (κ1) is 31.4. The molecule has 1 saturated heterocycles. The normalized spacial score (nSPS) is 13.9. The highest BCUT2D eigenvalue weighted by atomic mass is 79.9. The van der Waals surface area contributed by atoms with Crippen molar-refractivity contribution in [2.75, 3.05) is 13.1 Å². The van der Waals surface area contributed by atoms with E-state index >= 15 is 0 Å². The number of unbranched alkanes of at least 4 members (excludes halogenated alkanes) is 4. The van der Waals surface area contributed by atoms with Gasteiger partial charge in [0.05, 0.1) is 29.8 Å². The van der Waals surface area contributed by atoms with Crippen molar-refractivity contribution in [3.05, 3.63) is 87.7 Å². The molecule has 4 aromatic rings. The van der Waals surface area contributed by atoms with E-state index < -0.39 is 5.82 Å². The summed E-state index contributed by atoms with van der Waals surface area (Å²) in [7, 11) is 0. The van der Waals surface area contributed by atoms with Crippen LogP contribution in [0.15, 0.2) is 59.1 Å². The Labute approximate surface area is 264 Å². The number of likely N-dealkylation sites (tertiary alicyclic amines) is 1. The van der Waals surface area contributed by atoms with E-state index in [-0.39, 0.29) is 24.1 Å². The number of rotatable bonds is 13. The topological polar surface area (TPSA) is 87.1 Å². The molecule has 1 aliphatic heterocycles. The molecule has 44 heavy (non-hydrogen) atoms. The summed E-state index contributed by atoms with van der Waals surface area (Å²) in [6.07, 6.45) is 6.15. The standard InChI is InChI=1S/C34H34BrF2N5O2/c35-26-18-31(37)34-32(19-26)42(14-5-3-1-2-4-13-38)33(40-34)22-41-15-11-27(12-16-41)44-29-8-6-7-28(20-29)43-23-25-10-9-24(21-39)17-30(25)36/h6-10,17-20,27H,1-5,11-12,14-16,22-23H2. The molecule has 0 spiro atoms. The molecule has 0 amide bonds. The van der Waals surface area contributed by atoms with Crippen LogP contribution < -0.4 is 9.47 Å². The minimum absolute atomic E-state index is 0.0399. The van der Waals surface area contributed by atoms with E-state index in [1.54, 1.807) is 18.2 Å². The number of fused-ring (bicyclic) bond motifs is 1. The maximum atomic E-state index is 14.8. The highest BCUT2D eigenvalue weighted by Crippen LogP contribution is 2.28. The molecule has 0 N–H and O–H groups in total. The largest absolute Gasteiger partial charge is 0.490 e. The zero-order valence-electron chi connectivity index (χ0n) is 24.4. The summed E-state index contributed by atoms with van der Waals surface area (Å²) in [5.41, 5.74) is 1.84. The second-order valence-corrected chi connectivity index (χ2v) is 11.9. The van der Waals surface area contributed by atoms with E-state index in [2.05, 4.69) is 31.5 Å². The van der Waals surface area contributed by atoms with Gasteiger partial charge in [0.25, 0.3) is 0 Å². The number of hydrogen-bond acceptors (Lipinski definition) is 6. The first-order chi connectivity index (χ1) is 21.4. The zero-order valence-corrected chi connectivity index (χ0v) is 26.0. The summed E-state index contributed by atoms with van der Waals surface area (Å²) in [6, 6.07) is 19.2. The van der Waals surface area contributed by atoms with Gasteiger partial charge in [-0.05, 0) is 62.1 Å². The van der Waals surface area contributed by atoms with Crippen molar-refractivity contribution in [3.8, 4) is 23.6 Å². The Balaban J connectivity index is 1.16. The Morgan fingerprint density at radius 2 is 1.73 bits per heavy atom. The van der Waals surface area contributed by atoms with E-state index in [0.717, 1.165) is 69.5 Å². The molecule has 1 fully saturated rings.